The first-order valence-corrected chi connectivity index (χ1v) is 8.57. The number of rotatable bonds is 5. The van der Waals surface area contributed by atoms with Gasteiger partial charge in [0.2, 0.25) is 0 Å². The summed E-state index contributed by atoms with van der Waals surface area (Å²) in [5, 5.41) is 7.27. The molecule has 0 aliphatic heterocycles. The summed E-state index contributed by atoms with van der Waals surface area (Å²) in [6.07, 6.45) is -4.48. The summed E-state index contributed by atoms with van der Waals surface area (Å²) in [6, 6.07) is 6.27. The quantitative estimate of drug-likeness (QED) is 0.666. The number of aryl methyl sites for hydroxylation is 1. The highest BCUT2D eigenvalue weighted by Crippen LogP contribution is 2.33. The van der Waals surface area contributed by atoms with Crippen LogP contribution in [0.2, 0.25) is 0 Å². The lowest BCUT2D eigenvalue weighted by Gasteiger charge is -2.18. The normalized spacial score (nSPS) is 11.4. The summed E-state index contributed by atoms with van der Waals surface area (Å²) in [4.78, 5) is 18.7. The zero-order valence-electron chi connectivity index (χ0n) is 16.0. The van der Waals surface area contributed by atoms with Gasteiger partial charge in [0.1, 0.15) is 0 Å². The second-order valence-electron chi connectivity index (χ2n) is 6.41. The summed E-state index contributed by atoms with van der Waals surface area (Å²) in [5.41, 5.74) is 0.536. The molecular weight excluding hydrogens is 409 g/mol. The maximum Gasteiger partial charge on any atom is 0.416 e. The molecule has 0 atom stereocenters. The number of pyridine rings is 1. The smallest absolute Gasteiger partial charge is 0.340 e. The van der Waals surface area contributed by atoms with E-state index in [0.717, 1.165) is 12.1 Å². The van der Waals surface area contributed by atoms with Crippen LogP contribution in [0.3, 0.4) is 0 Å². The highest BCUT2D eigenvalue weighted by Gasteiger charge is 2.31. The number of hydrogen-bond acceptors (Lipinski definition) is 5. The third kappa shape index (κ3) is 4.68. The molecule has 0 aliphatic rings. The van der Waals surface area contributed by atoms with Crippen LogP contribution in [0.5, 0.6) is 0 Å². The number of nitrogens with one attached hydrogen (secondary N) is 1. The van der Waals surface area contributed by atoms with Crippen molar-refractivity contribution >= 4 is 29.4 Å². The molecule has 156 valence electrons. The Labute approximate surface area is 171 Å². The zero-order valence-corrected chi connectivity index (χ0v) is 16.8. The number of carbonyl (C=O) groups excluding carboxylic acids is 1. The molecule has 3 rings (SSSR count). The minimum Gasteiger partial charge on any atom is -0.340 e. The van der Waals surface area contributed by atoms with E-state index >= 15 is 0 Å². The number of hydrogen-bond donors (Lipinski definition) is 1. The molecule has 0 fully saturated rings. The van der Waals surface area contributed by atoms with Gasteiger partial charge in [-0.05, 0) is 32.2 Å². The average molecular weight is 429 g/mol. The van der Waals surface area contributed by atoms with Crippen LogP contribution in [0.15, 0.2) is 34.9 Å². The van der Waals surface area contributed by atoms with E-state index in [0.29, 0.717) is 24.2 Å². The van der Waals surface area contributed by atoms with Gasteiger partial charge in [-0.1, -0.05) is 17.3 Å². The summed E-state index contributed by atoms with van der Waals surface area (Å²) in [5.74, 6) is -0.290. The number of halogens is 4. The van der Waals surface area contributed by atoms with Crippen LogP contribution in [0, 0.1) is 6.92 Å². The Morgan fingerprint density at radius 2 is 2.00 bits per heavy atom. The van der Waals surface area contributed by atoms with E-state index in [-0.39, 0.29) is 40.8 Å². The molecule has 0 bridgehead atoms. The fourth-order valence-corrected chi connectivity index (χ4v) is 2.85. The summed E-state index contributed by atoms with van der Waals surface area (Å²) in [7, 11) is 3.43. The van der Waals surface area contributed by atoms with Gasteiger partial charge in [0.15, 0.2) is 0 Å². The molecular formula is C19H20ClF3N4O2. The Kier molecular flexibility index (Phi) is 6.86. The number of benzene rings is 1. The molecule has 0 saturated heterocycles. The van der Waals surface area contributed by atoms with Crippen LogP contribution < -0.4 is 5.32 Å². The monoisotopic (exact) mass is 428 g/mol. The van der Waals surface area contributed by atoms with E-state index in [1.165, 1.54) is 23.1 Å². The highest BCUT2D eigenvalue weighted by molar-refractivity contribution is 6.06. The standard InChI is InChI=1S/C19H19F3N4O2.ClH/c1-11-16-14(18(27)26(3)8-7-23-2)10-15(24-17(16)28-25-11)12-5-4-6-13(9-12)19(20,21)22;/h4-6,9-10,23H,7-8H2,1-3H3;1H. The van der Waals surface area contributed by atoms with Crippen molar-refractivity contribution < 1.29 is 22.5 Å². The second kappa shape index (κ2) is 8.79. The van der Waals surface area contributed by atoms with Gasteiger partial charge in [-0.25, -0.2) is 4.98 Å². The van der Waals surface area contributed by atoms with Crippen molar-refractivity contribution in [1.82, 2.24) is 20.4 Å². The molecule has 10 heteroatoms. The van der Waals surface area contributed by atoms with Gasteiger partial charge in [0, 0.05) is 25.7 Å². The van der Waals surface area contributed by atoms with Crippen molar-refractivity contribution in [3.05, 3.63) is 47.2 Å². The Balaban J connectivity index is 0.00000300. The minimum absolute atomic E-state index is 0. The molecule has 2 heterocycles. The van der Waals surface area contributed by atoms with Gasteiger partial charge in [-0.15, -0.1) is 12.4 Å². The Morgan fingerprint density at radius 1 is 1.28 bits per heavy atom. The fraction of sp³-hybridized carbons (Fsp3) is 0.316. The van der Waals surface area contributed by atoms with Crippen molar-refractivity contribution in [1.29, 1.82) is 0 Å². The minimum atomic E-state index is -4.48. The van der Waals surface area contributed by atoms with E-state index < -0.39 is 11.7 Å². The third-order valence-electron chi connectivity index (χ3n) is 4.38. The van der Waals surface area contributed by atoms with Gasteiger partial charge >= 0.3 is 6.18 Å². The molecule has 1 amide bonds. The summed E-state index contributed by atoms with van der Waals surface area (Å²) in [6.45, 7) is 2.74. The summed E-state index contributed by atoms with van der Waals surface area (Å²) < 4.78 is 44.4. The molecule has 2 aromatic heterocycles. The molecule has 0 saturated carbocycles. The van der Waals surface area contributed by atoms with Crippen LogP contribution in [-0.4, -0.2) is 48.1 Å². The number of likely N-dealkylation sites (N-methyl/N-ethyl adjacent to an activating group) is 2. The molecule has 29 heavy (non-hydrogen) atoms. The zero-order chi connectivity index (χ0) is 20.5. The first-order valence-electron chi connectivity index (χ1n) is 8.57. The molecule has 1 N–H and O–H groups in total. The van der Waals surface area contributed by atoms with E-state index in [1.807, 2.05) is 0 Å². The van der Waals surface area contributed by atoms with Gasteiger partial charge in [-0.2, -0.15) is 13.2 Å². The Hall–Kier alpha value is -2.65. The largest absolute Gasteiger partial charge is 0.416 e. The number of aromatic nitrogens is 2. The van der Waals surface area contributed by atoms with Crippen molar-refractivity contribution in [2.45, 2.75) is 13.1 Å². The molecule has 0 radical (unpaired) electrons. The number of nitrogens with zero attached hydrogens (tertiary/aromatic N) is 3. The first kappa shape index (κ1) is 22.6. The van der Waals surface area contributed by atoms with Crippen LogP contribution in [0.1, 0.15) is 21.6 Å². The van der Waals surface area contributed by atoms with Gasteiger partial charge in [0.05, 0.1) is 27.9 Å². The van der Waals surface area contributed by atoms with Crippen LogP contribution in [0.25, 0.3) is 22.4 Å². The lowest BCUT2D eigenvalue weighted by molar-refractivity contribution is -0.137. The van der Waals surface area contributed by atoms with E-state index in [4.69, 9.17) is 4.52 Å². The van der Waals surface area contributed by atoms with Crippen molar-refractivity contribution in [3.8, 4) is 11.3 Å². The topological polar surface area (TPSA) is 71.3 Å². The molecule has 1 aromatic carbocycles. The molecule has 3 aromatic rings. The van der Waals surface area contributed by atoms with Gasteiger partial charge in [0.25, 0.3) is 11.6 Å². The molecule has 0 unspecified atom stereocenters. The third-order valence-corrected chi connectivity index (χ3v) is 4.38. The predicted octanol–water partition coefficient (Wildman–Crippen LogP) is 3.93. The summed E-state index contributed by atoms with van der Waals surface area (Å²) >= 11 is 0. The van der Waals surface area contributed by atoms with Gasteiger partial charge < -0.3 is 14.7 Å². The first-order chi connectivity index (χ1) is 13.2. The lowest BCUT2D eigenvalue weighted by Crippen LogP contribution is -2.33. The van der Waals surface area contributed by atoms with E-state index in [1.54, 1.807) is 21.0 Å². The number of fused-ring (bicyclic) bond motifs is 1. The molecule has 0 aliphatic carbocycles. The van der Waals surface area contributed by atoms with Gasteiger partial charge in [-0.3, -0.25) is 4.79 Å². The van der Waals surface area contributed by atoms with Crippen LogP contribution >= 0.6 is 12.4 Å². The van der Waals surface area contributed by atoms with Crippen molar-refractivity contribution in [2.75, 3.05) is 27.2 Å². The predicted molar refractivity (Wildman–Crippen MR) is 105 cm³/mol. The average Bonchev–Trinajstić information content (AvgIpc) is 3.05. The number of carbonyl (C=O) groups is 1. The maximum absolute atomic E-state index is 13.1. The second-order valence-corrected chi connectivity index (χ2v) is 6.41. The van der Waals surface area contributed by atoms with E-state index in [9.17, 15) is 18.0 Å². The highest BCUT2D eigenvalue weighted by atomic mass is 35.5. The number of amides is 1. The lowest BCUT2D eigenvalue weighted by atomic mass is 10.0. The van der Waals surface area contributed by atoms with Crippen LogP contribution in [-0.2, 0) is 6.18 Å². The molecule has 0 spiro atoms. The SMILES string of the molecule is CNCCN(C)C(=O)c1cc(-c2cccc(C(F)(F)F)c2)nc2onc(C)c12.Cl. The Bertz CT molecular complexity index is 1020. The van der Waals surface area contributed by atoms with Crippen molar-refractivity contribution in [3.63, 3.8) is 0 Å². The number of alkyl halides is 3. The maximum atomic E-state index is 13.1. The van der Waals surface area contributed by atoms with Crippen molar-refractivity contribution in [2.24, 2.45) is 0 Å². The Morgan fingerprint density at radius 3 is 2.66 bits per heavy atom. The van der Waals surface area contributed by atoms with E-state index in [2.05, 4.69) is 15.5 Å². The van der Waals surface area contributed by atoms with Crippen LogP contribution in [0.4, 0.5) is 13.2 Å². The molecule has 6 nitrogen and oxygen atoms in total. The fourth-order valence-electron chi connectivity index (χ4n) is 2.85.